The van der Waals surface area contributed by atoms with Crippen LogP contribution in [0.1, 0.15) is 44.1 Å². The maximum Gasteiger partial charge on any atom is 0.230 e. The highest BCUT2D eigenvalue weighted by atomic mass is 79.9. The summed E-state index contributed by atoms with van der Waals surface area (Å²) in [5.74, 6) is 0.222. The number of carbonyl (C=O) groups excluding carboxylic acids is 2. The van der Waals surface area contributed by atoms with E-state index in [2.05, 4.69) is 21.2 Å². The maximum absolute atomic E-state index is 12.5. The zero-order valence-electron chi connectivity index (χ0n) is 13.3. The second-order valence-electron chi connectivity index (χ2n) is 6.54. The molecule has 1 aliphatic carbocycles. The Morgan fingerprint density at radius 1 is 1.17 bits per heavy atom. The van der Waals surface area contributed by atoms with Gasteiger partial charge in [-0.05, 0) is 49.8 Å². The Morgan fingerprint density at radius 3 is 2.57 bits per heavy atom. The third-order valence-electron chi connectivity index (χ3n) is 4.90. The summed E-state index contributed by atoms with van der Waals surface area (Å²) >= 11 is 3.47. The number of benzene rings is 1. The quantitative estimate of drug-likeness (QED) is 0.855. The van der Waals surface area contributed by atoms with Crippen molar-refractivity contribution in [2.45, 2.75) is 43.9 Å². The van der Waals surface area contributed by atoms with Crippen LogP contribution in [-0.4, -0.2) is 36.3 Å². The molecule has 1 saturated heterocycles. The lowest BCUT2D eigenvalue weighted by Gasteiger charge is -2.26. The average molecular weight is 379 g/mol. The highest BCUT2D eigenvalue weighted by Gasteiger charge is 2.51. The Morgan fingerprint density at radius 2 is 1.91 bits per heavy atom. The molecule has 1 N–H and O–H groups in total. The number of piperidine rings is 1. The van der Waals surface area contributed by atoms with E-state index in [1.165, 1.54) is 6.42 Å². The molecule has 2 aliphatic rings. The van der Waals surface area contributed by atoms with Gasteiger partial charge in [-0.2, -0.15) is 0 Å². The predicted molar refractivity (Wildman–Crippen MR) is 93.1 cm³/mol. The van der Waals surface area contributed by atoms with Gasteiger partial charge < -0.3 is 10.2 Å². The molecular weight excluding hydrogens is 356 g/mol. The summed E-state index contributed by atoms with van der Waals surface area (Å²) in [7, 11) is 0. The van der Waals surface area contributed by atoms with Gasteiger partial charge in [-0.25, -0.2) is 0 Å². The summed E-state index contributed by atoms with van der Waals surface area (Å²) in [6, 6.07) is 7.96. The monoisotopic (exact) mass is 378 g/mol. The summed E-state index contributed by atoms with van der Waals surface area (Å²) in [5, 5.41) is 2.97. The van der Waals surface area contributed by atoms with Crippen LogP contribution in [0, 0.1) is 0 Å². The van der Waals surface area contributed by atoms with Crippen LogP contribution >= 0.6 is 15.9 Å². The molecule has 1 saturated carbocycles. The van der Waals surface area contributed by atoms with Crippen molar-refractivity contribution in [1.82, 2.24) is 10.2 Å². The number of rotatable bonds is 5. The van der Waals surface area contributed by atoms with E-state index in [-0.39, 0.29) is 17.2 Å². The van der Waals surface area contributed by atoms with Crippen LogP contribution in [0.2, 0.25) is 0 Å². The van der Waals surface area contributed by atoms with Gasteiger partial charge in [0, 0.05) is 30.5 Å². The van der Waals surface area contributed by atoms with Crippen LogP contribution in [0.4, 0.5) is 0 Å². The van der Waals surface area contributed by atoms with Crippen molar-refractivity contribution >= 4 is 27.7 Å². The minimum Gasteiger partial charge on any atom is -0.355 e. The largest absolute Gasteiger partial charge is 0.355 e. The Bertz CT molecular complexity index is 592. The van der Waals surface area contributed by atoms with Gasteiger partial charge in [0.15, 0.2) is 0 Å². The number of nitrogens with one attached hydrogen (secondary N) is 1. The van der Waals surface area contributed by atoms with Gasteiger partial charge in [-0.1, -0.05) is 28.1 Å². The van der Waals surface area contributed by atoms with Gasteiger partial charge in [0.25, 0.3) is 0 Å². The third-order valence-corrected chi connectivity index (χ3v) is 5.39. The molecule has 0 atom stereocenters. The minimum atomic E-state index is -0.377. The van der Waals surface area contributed by atoms with E-state index >= 15 is 0 Å². The number of carbonyl (C=O) groups is 2. The molecule has 3 rings (SSSR count). The van der Waals surface area contributed by atoms with E-state index in [1.807, 2.05) is 29.2 Å². The lowest BCUT2D eigenvalue weighted by Crippen LogP contribution is -2.40. The van der Waals surface area contributed by atoms with Crippen molar-refractivity contribution in [3.63, 3.8) is 0 Å². The zero-order valence-corrected chi connectivity index (χ0v) is 14.9. The number of nitrogens with zero attached hydrogens (tertiary/aromatic N) is 1. The van der Waals surface area contributed by atoms with E-state index < -0.39 is 0 Å². The fourth-order valence-corrected chi connectivity index (χ4v) is 3.71. The lowest BCUT2D eigenvalue weighted by molar-refractivity contribution is -0.132. The minimum absolute atomic E-state index is 0.0574. The summed E-state index contributed by atoms with van der Waals surface area (Å²) in [4.78, 5) is 26.6. The Hall–Kier alpha value is -1.36. The number of hydrogen-bond donors (Lipinski definition) is 1. The van der Waals surface area contributed by atoms with Crippen molar-refractivity contribution < 1.29 is 9.59 Å². The fourth-order valence-electron chi connectivity index (χ4n) is 3.31. The standard InChI is InChI=1S/C18H23BrN2O2/c19-15-6-4-5-14(13-15)18(8-9-18)17(23)20-10-7-16(22)21-11-2-1-3-12-21/h4-6,13H,1-3,7-12H2,(H,20,23). The van der Waals surface area contributed by atoms with Crippen LogP contribution in [-0.2, 0) is 15.0 Å². The molecule has 1 heterocycles. The van der Waals surface area contributed by atoms with Crippen LogP contribution in [0.5, 0.6) is 0 Å². The molecular formula is C18H23BrN2O2. The van der Waals surface area contributed by atoms with Crippen molar-refractivity contribution in [3.05, 3.63) is 34.3 Å². The van der Waals surface area contributed by atoms with Crippen LogP contribution < -0.4 is 5.32 Å². The van der Waals surface area contributed by atoms with Gasteiger partial charge in [0.1, 0.15) is 0 Å². The average Bonchev–Trinajstić information content (AvgIpc) is 3.37. The summed E-state index contributed by atoms with van der Waals surface area (Å²) < 4.78 is 0.995. The maximum atomic E-state index is 12.5. The van der Waals surface area contributed by atoms with E-state index in [0.29, 0.717) is 13.0 Å². The molecule has 1 aliphatic heterocycles. The molecule has 2 amide bonds. The number of likely N-dealkylation sites (tertiary alicyclic amines) is 1. The molecule has 0 spiro atoms. The van der Waals surface area contributed by atoms with Crippen molar-refractivity contribution in [2.75, 3.05) is 19.6 Å². The van der Waals surface area contributed by atoms with Gasteiger partial charge in [-0.15, -0.1) is 0 Å². The smallest absolute Gasteiger partial charge is 0.230 e. The molecule has 0 radical (unpaired) electrons. The number of halogens is 1. The molecule has 23 heavy (non-hydrogen) atoms. The number of amides is 2. The van der Waals surface area contributed by atoms with Crippen molar-refractivity contribution in [1.29, 1.82) is 0 Å². The molecule has 1 aromatic rings. The van der Waals surface area contributed by atoms with E-state index in [4.69, 9.17) is 0 Å². The molecule has 0 bridgehead atoms. The molecule has 124 valence electrons. The lowest BCUT2D eigenvalue weighted by atomic mass is 9.95. The second kappa shape index (κ2) is 7.04. The summed E-state index contributed by atoms with van der Waals surface area (Å²) in [5.41, 5.74) is 0.685. The SMILES string of the molecule is O=C(CCNC(=O)C1(c2cccc(Br)c2)CC1)N1CCCCC1. The zero-order chi connectivity index (χ0) is 16.3. The van der Waals surface area contributed by atoms with Crippen LogP contribution in [0.25, 0.3) is 0 Å². The third kappa shape index (κ3) is 3.77. The first-order valence-electron chi connectivity index (χ1n) is 8.44. The molecule has 5 heteroatoms. The molecule has 1 aromatic carbocycles. The first-order valence-corrected chi connectivity index (χ1v) is 9.23. The van der Waals surface area contributed by atoms with E-state index in [9.17, 15) is 9.59 Å². The normalized spacial score (nSPS) is 19.3. The van der Waals surface area contributed by atoms with Crippen molar-refractivity contribution in [3.8, 4) is 0 Å². The Balaban J connectivity index is 1.50. The topological polar surface area (TPSA) is 49.4 Å². The Labute approximate surface area is 145 Å². The first-order chi connectivity index (χ1) is 11.1. The van der Waals surface area contributed by atoms with E-state index in [1.54, 1.807) is 0 Å². The fraction of sp³-hybridized carbons (Fsp3) is 0.556. The molecule has 0 unspecified atom stereocenters. The highest BCUT2D eigenvalue weighted by molar-refractivity contribution is 9.10. The molecule has 2 fully saturated rings. The van der Waals surface area contributed by atoms with Gasteiger partial charge >= 0.3 is 0 Å². The van der Waals surface area contributed by atoms with Crippen molar-refractivity contribution in [2.24, 2.45) is 0 Å². The van der Waals surface area contributed by atoms with Gasteiger partial charge in [0.05, 0.1) is 5.41 Å². The van der Waals surface area contributed by atoms with Crippen LogP contribution in [0.3, 0.4) is 0 Å². The predicted octanol–water partition coefficient (Wildman–Crippen LogP) is 3.00. The van der Waals surface area contributed by atoms with E-state index in [0.717, 1.165) is 48.8 Å². The summed E-state index contributed by atoms with van der Waals surface area (Å²) in [6.07, 6.45) is 5.59. The Kier molecular flexibility index (Phi) is 5.05. The summed E-state index contributed by atoms with van der Waals surface area (Å²) in [6.45, 7) is 2.17. The molecule has 4 nitrogen and oxygen atoms in total. The van der Waals surface area contributed by atoms with Crippen LogP contribution in [0.15, 0.2) is 28.7 Å². The highest BCUT2D eigenvalue weighted by Crippen LogP contribution is 2.48. The van der Waals surface area contributed by atoms with Gasteiger partial charge in [0.2, 0.25) is 11.8 Å². The van der Waals surface area contributed by atoms with Gasteiger partial charge in [-0.3, -0.25) is 9.59 Å². The molecule has 0 aromatic heterocycles. The second-order valence-corrected chi connectivity index (χ2v) is 7.46. The first kappa shape index (κ1) is 16.5. The number of hydrogen-bond acceptors (Lipinski definition) is 2.